The summed E-state index contributed by atoms with van der Waals surface area (Å²) in [6.07, 6.45) is 16.5. The minimum atomic E-state index is -4.20. The van der Waals surface area contributed by atoms with Crippen LogP contribution in [-0.4, -0.2) is 45.5 Å². The number of benzene rings is 2. The van der Waals surface area contributed by atoms with Gasteiger partial charge in [0.15, 0.2) is 0 Å². The third-order valence-corrected chi connectivity index (χ3v) is 8.00. The predicted molar refractivity (Wildman–Crippen MR) is 173 cm³/mol. The SMILES string of the molecule is O=CN(CCCCCCCCCCCCCN(C=O)c1ccc(C=CP(=O)(O)O)cc1)c1ccc(C=CP(=O)(O)O)cc1. The molecule has 0 bridgehead atoms. The second-order valence-corrected chi connectivity index (χ2v) is 13.4. The molecule has 0 fully saturated rings. The van der Waals surface area contributed by atoms with Gasteiger partial charge in [0, 0.05) is 36.1 Å². The topological polar surface area (TPSA) is 156 Å². The quantitative estimate of drug-likeness (QED) is 0.0619. The lowest BCUT2D eigenvalue weighted by atomic mass is 10.1. The Morgan fingerprint density at radius 3 is 1.02 bits per heavy atom. The molecule has 43 heavy (non-hydrogen) atoms. The summed E-state index contributed by atoms with van der Waals surface area (Å²) >= 11 is 0. The molecule has 0 saturated heterocycles. The van der Waals surface area contributed by atoms with Crippen molar-refractivity contribution in [1.29, 1.82) is 0 Å². The maximum Gasteiger partial charge on any atom is 0.349 e. The first-order chi connectivity index (χ1) is 20.5. The van der Waals surface area contributed by atoms with E-state index in [0.717, 1.165) is 74.4 Å². The molecule has 236 valence electrons. The van der Waals surface area contributed by atoms with Crippen LogP contribution < -0.4 is 9.80 Å². The van der Waals surface area contributed by atoms with E-state index in [-0.39, 0.29) is 0 Å². The number of hydrogen-bond donors (Lipinski definition) is 4. The van der Waals surface area contributed by atoms with Gasteiger partial charge in [-0.2, -0.15) is 0 Å². The van der Waals surface area contributed by atoms with Gasteiger partial charge in [-0.3, -0.25) is 18.7 Å². The summed E-state index contributed by atoms with van der Waals surface area (Å²) in [7, 11) is -8.40. The van der Waals surface area contributed by atoms with Crippen LogP contribution in [0, 0.1) is 0 Å². The summed E-state index contributed by atoms with van der Waals surface area (Å²) in [5, 5.41) is 0. The van der Waals surface area contributed by atoms with Gasteiger partial charge in [0.2, 0.25) is 12.8 Å². The van der Waals surface area contributed by atoms with Gasteiger partial charge in [0.1, 0.15) is 0 Å². The number of carbonyl (C=O) groups is 2. The van der Waals surface area contributed by atoms with Crippen molar-refractivity contribution in [2.75, 3.05) is 22.9 Å². The fourth-order valence-electron chi connectivity index (χ4n) is 4.56. The highest BCUT2D eigenvalue weighted by Gasteiger charge is 2.08. The van der Waals surface area contributed by atoms with Crippen LogP contribution in [0.3, 0.4) is 0 Å². The molecule has 10 nitrogen and oxygen atoms in total. The van der Waals surface area contributed by atoms with Crippen molar-refractivity contribution < 1.29 is 38.3 Å². The van der Waals surface area contributed by atoms with Crippen LogP contribution in [0.5, 0.6) is 0 Å². The molecule has 0 aliphatic carbocycles. The monoisotopic (exact) mass is 634 g/mol. The van der Waals surface area contributed by atoms with Crippen molar-refractivity contribution in [3.63, 3.8) is 0 Å². The Morgan fingerprint density at radius 2 is 0.767 bits per heavy atom. The van der Waals surface area contributed by atoms with Crippen molar-refractivity contribution in [3.05, 3.63) is 71.3 Å². The average molecular weight is 635 g/mol. The second kappa shape index (κ2) is 19.4. The van der Waals surface area contributed by atoms with Crippen LogP contribution in [0.15, 0.2) is 60.2 Å². The molecular weight excluding hydrogens is 590 g/mol. The third kappa shape index (κ3) is 16.6. The summed E-state index contributed by atoms with van der Waals surface area (Å²) in [5.74, 6) is 1.72. The molecule has 2 rings (SSSR count). The van der Waals surface area contributed by atoms with Crippen LogP contribution in [0.2, 0.25) is 0 Å². The van der Waals surface area contributed by atoms with Gasteiger partial charge in [-0.1, -0.05) is 82.1 Å². The number of anilines is 2. The van der Waals surface area contributed by atoms with E-state index in [1.54, 1.807) is 58.3 Å². The normalized spacial score (nSPS) is 12.2. The molecule has 0 atom stereocenters. The lowest BCUT2D eigenvalue weighted by Crippen LogP contribution is -2.22. The molecule has 0 radical (unpaired) electrons. The molecule has 4 N–H and O–H groups in total. The second-order valence-electron chi connectivity index (χ2n) is 10.5. The molecule has 2 aromatic carbocycles. The zero-order valence-corrected chi connectivity index (χ0v) is 26.3. The Hall–Kier alpha value is -2.84. The summed E-state index contributed by atoms with van der Waals surface area (Å²) in [6.45, 7) is 1.26. The summed E-state index contributed by atoms with van der Waals surface area (Å²) in [4.78, 5) is 62.1. The summed E-state index contributed by atoms with van der Waals surface area (Å²) in [5.41, 5.74) is 2.82. The highest BCUT2D eigenvalue weighted by atomic mass is 31.2. The van der Waals surface area contributed by atoms with Crippen molar-refractivity contribution in [2.45, 2.75) is 70.6 Å². The number of rotatable bonds is 22. The van der Waals surface area contributed by atoms with Crippen LogP contribution in [-0.2, 0) is 18.7 Å². The number of carbonyl (C=O) groups excluding carboxylic acids is 2. The lowest BCUT2D eigenvalue weighted by molar-refractivity contribution is -0.108. The molecule has 0 heterocycles. The summed E-state index contributed by atoms with van der Waals surface area (Å²) < 4.78 is 21.9. The van der Waals surface area contributed by atoms with E-state index in [0.29, 0.717) is 24.2 Å². The number of nitrogens with zero attached hydrogens (tertiary/aromatic N) is 2. The molecule has 12 heteroatoms. The van der Waals surface area contributed by atoms with E-state index < -0.39 is 15.2 Å². The average Bonchev–Trinajstić information content (AvgIpc) is 2.97. The first-order valence-electron chi connectivity index (χ1n) is 14.6. The number of hydrogen-bond acceptors (Lipinski definition) is 4. The van der Waals surface area contributed by atoms with Gasteiger partial charge in [-0.05, 0) is 60.4 Å². The Bertz CT molecular complexity index is 1160. The molecule has 0 aliphatic rings. The van der Waals surface area contributed by atoms with Crippen LogP contribution in [0.1, 0.15) is 81.8 Å². The van der Waals surface area contributed by atoms with E-state index in [9.17, 15) is 18.7 Å². The zero-order valence-electron chi connectivity index (χ0n) is 24.5. The smallest absolute Gasteiger partial charge is 0.321 e. The van der Waals surface area contributed by atoms with Crippen LogP contribution >= 0.6 is 15.2 Å². The Morgan fingerprint density at radius 1 is 0.488 bits per heavy atom. The molecule has 0 aromatic heterocycles. The van der Waals surface area contributed by atoms with E-state index in [1.807, 2.05) is 0 Å². The molecule has 0 saturated carbocycles. The minimum Gasteiger partial charge on any atom is -0.321 e. The standard InChI is InChI=1S/C31H44N2O8P2/c34-26-32(30-16-12-28(13-17-30)20-24-42(36,37)38)22-10-8-6-4-2-1-3-5-7-9-11-23-33(27-35)31-18-14-29(15-19-31)21-25-43(39,40)41/h12-21,24-27H,1-11,22-23H2,(H2,36,37,38)(H2,39,40,41). The van der Waals surface area contributed by atoms with Gasteiger partial charge in [0.05, 0.1) is 0 Å². The highest BCUT2D eigenvalue weighted by molar-refractivity contribution is 7.55. The molecular formula is C31H44N2O8P2. The van der Waals surface area contributed by atoms with E-state index in [1.165, 1.54) is 44.3 Å². The van der Waals surface area contributed by atoms with Crippen molar-refractivity contribution >= 4 is 51.5 Å². The van der Waals surface area contributed by atoms with Gasteiger partial charge >= 0.3 is 15.2 Å². The minimum absolute atomic E-state index is 0.630. The maximum absolute atomic E-state index is 11.5. The first kappa shape index (κ1) is 36.4. The van der Waals surface area contributed by atoms with Crippen molar-refractivity contribution in [2.24, 2.45) is 0 Å². The van der Waals surface area contributed by atoms with E-state index in [4.69, 9.17) is 19.6 Å². The van der Waals surface area contributed by atoms with E-state index >= 15 is 0 Å². The van der Waals surface area contributed by atoms with Crippen molar-refractivity contribution in [1.82, 2.24) is 0 Å². The van der Waals surface area contributed by atoms with Crippen LogP contribution in [0.4, 0.5) is 11.4 Å². The predicted octanol–water partition coefficient (Wildman–Crippen LogP) is 6.90. The number of unbranched alkanes of at least 4 members (excludes halogenated alkanes) is 10. The highest BCUT2D eigenvalue weighted by Crippen LogP contribution is 2.37. The number of amides is 2. The van der Waals surface area contributed by atoms with Crippen molar-refractivity contribution in [3.8, 4) is 0 Å². The fourth-order valence-corrected chi connectivity index (χ4v) is 5.29. The molecule has 0 aliphatic heterocycles. The fraction of sp³-hybridized carbons (Fsp3) is 0.419. The Balaban J connectivity index is 1.51. The lowest BCUT2D eigenvalue weighted by Gasteiger charge is -2.17. The largest absolute Gasteiger partial charge is 0.349 e. The molecule has 0 spiro atoms. The molecule has 2 aromatic rings. The zero-order chi connectivity index (χ0) is 31.6. The Labute approximate surface area is 254 Å². The van der Waals surface area contributed by atoms with Crippen LogP contribution in [0.25, 0.3) is 12.2 Å². The molecule has 0 unspecified atom stereocenters. The van der Waals surface area contributed by atoms with Gasteiger partial charge in [0.25, 0.3) is 0 Å². The third-order valence-electron chi connectivity index (χ3n) is 6.92. The van der Waals surface area contributed by atoms with Gasteiger partial charge in [-0.25, -0.2) is 0 Å². The van der Waals surface area contributed by atoms with E-state index in [2.05, 4.69) is 0 Å². The first-order valence-corrected chi connectivity index (χ1v) is 18.0. The Kier molecular flexibility index (Phi) is 16.4. The van der Waals surface area contributed by atoms with Gasteiger partial charge in [-0.15, -0.1) is 0 Å². The summed E-state index contributed by atoms with van der Waals surface area (Å²) in [6, 6.07) is 14.0. The molecule has 2 amide bonds. The van der Waals surface area contributed by atoms with Gasteiger partial charge < -0.3 is 29.4 Å². The maximum atomic E-state index is 11.5.